The Balaban J connectivity index is 1.72. The van der Waals surface area contributed by atoms with Crippen LogP contribution in [0.3, 0.4) is 0 Å². The zero-order valence-electron chi connectivity index (χ0n) is 17.2. The predicted molar refractivity (Wildman–Crippen MR) is 111 cm³/mol. The molecule has 0 N–H and O–H groups in total. The minimum absolute atomic E-state index is 0.0781. The zero-order valence-corrected chi connectivity index (χ0v) is 17.2. The zero-order chi connectivity index (χ0) is 20.5. The number of nitrogens with zero attached hydrogens (tertiary/aromatic N) is 2. The lowest BCUT2D eigenvalue weighted by Crippen LogP contribution is -2.54. The first-order chi connectivity index (χ1) is 14.2. The average Bonchev–Trinajstić information content (AvgIpc) is 2.75. The highest BCUT2D eigenvalue weighted by Gasteiger charge is 2.35. The van der Waals surface area contributed by atoms with E-state index in [-0.39, 0.29) is 12.1 Å². The quantitative estimate of drug-likeness (QED) is 0.630. The summed E-state index contributed by atoms with van der Waals surface area (Å²) in [7, 11) is 1.72. The summed E-state index contributed by atoms with van der Waals surface area (Å²) in [4.78, 5) is 19.4. The molecule has 1 fully saturated rings. The van der Waals surface area contributed by atoms with Gasteiger partial charge < -0.3 is 14.3 Å². The number of rotatable bonds is 8. The number of carbonyl (C=O) groups excluding carboxylic acids is 1. The molecule has 2 unspecified atom stereocenters. The van der Waals surface area contributed by atoms with E-state index in [0.29, 0.717) is 19.7 Å². The van der Waals surface area contributed by atoms with Gasteiger partial charge in [-0.15, -0.1) is 5.06 Å². The van der Waals surface area contributed by atoms with Gasteiger partial charge in [0.2, 0.25) is 0 Å². The predicted octanol–water partition coefficient (Wildman–Crippen LogP) is 3.87. The van der Waals surface area contributed by atoms with Crippen molar-refractivity contribution in [3.63, 3.8) is 0 Å². The molecule has 2 atom stereocenters. The lowest BCUT2D eigenvalue weighted by atomic mass is 9.99. The lowest BCUT2D eigenvalue weighted by molar-refractivity contribution is -0.176. The third-order valence-corrected chi connectivity index (χ3v) is 5.18. The van der Waals surface area contributed by atoms with Crippen LogP contribution in [0.2, 0.25) is 0 Å². The number of hydrogen-bond donors (Lipinski definition) is 0. The van der Waals surface area contributed by atoms with E-state index in [0.717, 1.165) is 19.5 Å². The third kappa shape index (κ3) is 6.29. The third-order valence-electron chi connectivity index (χ3n) is 5.18. The summed E-state index contributed by atoms with van der Waals surface area (Å²) < 4.78 is 10.7. The largest absolute Gasteiger partial charge is 0.527 e. The van der Waals surface area contributed by atoms with Crippen molar-refractivity contribution < 1.29 is 19.1 Å². The number of hydroxylamine groups is 2. The Labute approximate surface area is 172 Å². The monoisotopic (exact) mass is 398 g/mol. The molecule has 1 aliphatic rings. The van der Waals surface area contributed by atoms with Gasteiger partial charge in [0.15, 0.2) is 0 Å². The van der Waals surface area contributed by atoms with Gasteiger partial charge in [-0.25, -0.2) is 4.79 Å². The van der Waals surface area contributed by atoms with Crippen molar-refractivity contribution in [3.05, 3.63) is 71.8 Å². The number of hydrogen-bond acceptors (Lipinski definition) is 6. The summed E-state index contributed by atoms with van der Waals surface area (Å²) in [5.74, 6) is 0. The van der Waals surface area contributed by atoms with Crippen LogP contribution in [0.25, 0.3) is 0 Å². The fraction of sp³-hybridized carbons (Fsp3) is 0.435. The summed E-state index contributed by atoms with van der Waals surface area (Å²) in [6, 6.07) is 21.2. The Morgan fingerprint density at radius 3 is 2.14 bits per heavy atom. The van der Waals surface area contributed by atoms with Crippen LogP contribution in [0, 0.1) is 0 Å². The minimum Gasteiger partial charge on any atom is -0.433 e. The van der Waals surface area contributed by atoms with Crippen molar-refractivity contribution in [3.8, 4) is 0 Å². The second-order valence-electron chi connectivity index (χ2n) is 7.17. The molecular weight excluding hydrogens is 368 g/mol. The molecule has 1 heterocycles. The van der Waals surface area contributed by atoms with Crippen LogP contribution in [0.4, 0.5) is 4.79 Å². The number of carbonyl (C=O) groups is 1. The molecule has 0 saturated carbocycles. The van der Waals surface area contributed by atoms with Crippen LogP contribution in [0.5, 0.6) is 0 Å². The second-order valence-corrected chi connectivity index (χ2v) is 7.17. The Kier molecular flexibility index (Phi) is 8.04. The highest BCUT2D eigenvalue weighted by atomic mass is 16.8. The highest BCUT2D eigenvalue weighted by Crippen LogP contribution is 2.24. The van der Waals surface area contributed by atoms with Gasteiger partial charge in [0.1, 0.15) is 0 Å². The van der Waals surface area contributed by atoms with E-state index in [9.17, 15) is 4.79 Å². The molecule has 156 valence electrons. The number of methoxy groups -OCH3 is 1. The first kappa shape index (κ1) is 21.3. The molecule has 3 rings (SSSR count). The smallest absolute Gasteiger partial charge is 0.433 e. The first-order valence-electron chi connectivity index (χ1n) is 10.1. The molecule has 1 aliphatic heterocycles. The second kappa shape index (κ2) is 11.0. The van der Waals surface area contributed by atoms with Crippen LogP contribution in [-0.4, -0.2) is 55.1 Å². The molecule has 0 bridgehead atoms. The van der Waals surface area contributed by atoms with Crippen LogP contribution >= 0.6 is 0 Å². The van der Waals surface area contributed by atoms with Crippen molar-refractivity contribution in [2.24, 2.45) is 0 Å². The Morgan fingerprint density at radius 1 is 1.03 bits per heavy atom. The van der Waals surface area contributed by atoms with Gasteiger partial charge in [0, 0.05) is 32.8 Å². The summed E-state index contributed by atoms with van der Waals surface area (Å²) in [5, 5.41) is 1.64. The summed E-state index contributed by atoms with van der Waals surface area (Å²) in [6.45, 7) is 4.88. The van der Waals surface area contributed by atoms with Gasteiger partial charge in [0.25, 0.3) is 0 Å². The van der Waals surface area contributed by atoms with Crippen molar-refractivity contribution in [1.82, 2.24) is 9.96 Å². The van der Waals surface area contributed by atoms with Gasteiger partial charge in [0.05, 0.1) is 19.3 Å². The van der Waals surface area contributed by atoms with Gasteiger partial charge in [-0.3, -0.25) is 4.90 Å². The van der Waals surface area contributed by atoms with Crippen LogP contribution in [0.15, 0.2) is 60.7 Å². The topological polar surface area (TPSA) is 51.2 Å². The van der Waals surface area contributed by atoms with Crippen LogP contribution in [-0.2, 0) is 27.4 Å². The molecule has 0 amide bonds. The SMILES string of the molecule is CCOC(=O)ON1CCC(N(Cc2ccccc2)Cc2ccccc2)C(OC)C1. The highest BCUT2D eigenvalue weighted by molar-refractivity contribution is 5.59. The van der Waals surface area contributed by atoms with Gasteiger partial charge in [-0.2, -0.15) is 0 Å². The number of benzene rings is 2. The normalized spacial score (nSPS) is 19.8. The summed E-state index contributed by atoms with van der Waals surface area (Å²) in [5.41, 5.74) is 2.53. The van der Waals surface area contributed by atoms with Crippen LogP contribution in [0.1, 0.15) is 24.5 Å². The van der Waals surface area contributed by atoms with Crippen molar-refractivity contribution >= 4 is 6.16 Å². The number of ether oxygens (including phenoxy) is 2. The fourth-order valence-corrected chi connectivity index (χ4v) is 3.78. The van der Waals surface area contributed by atoms with Crippen LogP contribution < -0.4 is 0 Å². The van der Waals surface area contributed by atoms with E-state index >= 15 is 0 Å². The maximum atomic E-state index is 11.7. The Hall–Kier alpha value is -2.41. The van der Waals surface area contributed by atoms with Crippen molar-refractivity contribution in [1.29, 1.82) is 0 Å². The molecule has 0 radical (unpaired) electrons. The van der Waals surface area contributed by atoms with Gasteiger partial charge in [-0.1, -0.05) is 60.7 Å². The molecule has 29 heavy (non-hydrogen) atoms. The lowest BCUT2D eigenvalue weighted by Gasteiger charge is -2.42. The molecule has 0 aromatic heterocycles. The molecule has 0 aliphatic carbocycles. The van der Waals surface area contributed by atoms with Crippen molar-refractivity contribution in [2.75, 3.05) is 26.8 Å². The van der Waals surface area contributed by atoms with E-state index in [2.05, 4.69) is 53.4 Å². The Morgan fingerprint density at radius 2 is 1.62 bits per heavy atom. The summed E-state index contributed by atoms with van der Waals surface area (Å²) >= 11 is 0. The van der Waals surface area contributed by atoms with E-state index in [1.54, 1.807) is 19.1 Å². The van der Waals surface area contributed by atoms with E-state index in [1.165, 1.54) is 11.1 Å². The molecule has 1 saturated heterocycles. The maximum Gasteiger partial charge on any atom is 0.527 e. The Bertz CT molecular complexity index is 700. The van der Waals surface area contributed by atoms with Gasteiger partial charge >= 0.3 is 6.16 Å². The standard InChI is InChI=1S/C23H30N2O4/c1-3-28-23(26)29-25-15-14-21(22(18-25)27-2)24(16-19-10-6-4-7-11-19)17-20-12-8-5-9-13-20/h4-13,21-22H,3,14-18H2,1-2H3. The molecule has 0 spiro atoms. The number of piperidine rings is 1. The van der Waals surface area contributed by atoms with E-state index in [4.69, 9.17) is 14.3 Å². The summed E-state index contributed by atoms with van der Waals surface area (Å²) in [6.07, 6.45) is 0.0919. The van der Waals surface area contributed by atoms with Crippen molar-refractivity contribution in [2.45, 2.75) is 38.6 Å². The maximum absolute atomic E-state index is 11.7. The first-order valence-corrected chi connectivity index (χ1v) is 10.1. The average molecular weight is 399 g/mol. The minimum atomic E-state index is -0.661. The molecular formula is C23H30N2O4. The van der Waals surface area contributed by atoms with E-state index in [1.807, 2.05) is 12.1 Å². The molecule has 2 aromatic rings. The van der Waals surface area contributed by atoms with E-state index < -0.39 is 6.16 Å². The fourth-order valence-electron chi connectivity index (χ4n) is 3.78. The molecule has 2 aromatic carbocycles. The molecule has 6 heteroatoms. The van der Waals surface area contributed by atoms with Gasteiger partial charge in [-0.05, 0) is 24.5 Å². The molecule has 6 nitrogen and oxygen atoms in total.